The Balaban J connectivity index is 2.59. The van der Waals surface area contributed by atoms with Crippen LogP contribution >= 0.6 is 11.6 Å². The molecule has 6 heteroatoms. The summed E-state index contributed by atoms with van der Waals surface area (Å²) in [7, 11) is 0. The van der Waals surface area contributed by atoms with E-state index in [-0.39, 0.29) is 16.4 Å². The maximum atomic E-state index is 13.0. The van der Waals surface area contributed by atoms with Crippen LogP contribution in [0.25, 0.3) is 5.69 Å². The minimum atomic E-state index is -1.21. The van der Waals surface area contributed by atoms with Crippen molar-refractivity contribution in [3.8, 4) is 5.69 Å². The van der Waals surface area contributed by atoms with Crippen molar-refractivity contribution in [3.05, 3.63) is 52.8 Å². The van der Waals surface area contributed by atoms with Gasteiger partial charge in [-0.15, -0.1) is 0 Å². The molecule has 88 valence electrons. The molecule has 0 atom stereocenters. The van der Waals surface area contributed by atoms with Gasteiger partial charge in [-0.05, 0) is 18.2 Å². The van der Waals surface area contributed by atoms with Crippen molar-refractivity contribution in [2.75, 3.05) is 0 Å². The van der Waals surface area contributed by atoms with Gasteiger partial charge in [0, 0.05) is 18.0 Å². The predicted octanol–water partition coefficient (Wildman–Crippen LogP) is 3.11. The van der Waals surface area contributed by atoms with Gasteiger partial charge in [-0.25, -0.2) is 13.6 Å². The number of aromatic carboxylic acids is 1. The highest BCUT2D eigenvalue weighted by Crippen LogP contribution is 2.21. The van der Waals surface area contributed by atoms with Gasteiger partial charge in [0.25, 0.3) is 0 Å². The summed E-state index contributed by atoms with van der Waals surface area (Å²) in [6.07, 6.45) is 1.32. The number of hydrogen-bond donors (Lipinski definition) is 1. The first-order chi connectivity index (χ1) is 7.99. The number of carboxylic acid groups (broad SMARTS) is 1. The zero-order chi connectivity index (χ0) is 12.6. The number of carbonyl (C=O) groups is 1. The molecule has 0 aliphatic heterocycles. The normalized spacial score (nSPS) is 10.5. The summed E-state index contributed by atoms with van der Waals surface area (Å²) in [5.74, 6) is -3.26. The van der Waals surface area contributed by atoms with E-state index in [4.69, 9.17) is 16.7 Å². The van der Waals surface area contributed by atoms with Crippen molar-refractivity contribution in [1.82, 2.24) is 4.57 Å². The highest BCUT2D eigenvalue weighted by atomic mass is 35.5. The van der Waals surface area contributed by atoms with Crippen LogP contribution in [0.5, 0.6) is 0 Å². The molecule has 1 aromatic carbocycles. The van der Waals surface area contributed by atoms with E-state index in [1.54, 1.807) is 0 Å². The Morgan fingerprint density at radius 3 is 2.53 bits per heavy atom. The van der Waals surface area contributed by atoms with Gasteiger partial charge in [0.2, 0.25) is 0 Å². The van der Waals surface area contributed by atoms with Crippen molar-refractivity contribution >= 4 is 17.6 Å². The average molecular weight is 258 g/mol. The van der Waals surface area contributed by atoms with E-state index in [2.05, 4.69) is 0 Å². The summed E-state index contributed by atoms with van der Waals surface area (Å²) in [6.45, 7) is 0. The second kappa shape index (κ2) is 4.18. The van der Waals surface area contributed by atoms with Crippen molar-refractivity contribution in [1.29, 1.82) is 0 Å². The monoisotopic (exact) mass is 257 g/mol. The Morgan fingerprint density at radius 2 is 1.94 bits per heavy atom. The number of benzene rings is 1. The molecule has 0 fully saturated rings. The number of nitrogens with zero attached hydrogens (tertiary/aromatic N) is 1. The molecule has 0 bridgehead atoms. The number of rotatable bonds is 2. The smallest absolute Gasteiger partial charge is 0.352 e. The van der Waals surface area contributed by atoms with Crippen molar-refractivity contribution in [2.24, 2.45) is 0 Å². The molecule has 3 nitrogen and oxygen atoms in total. The molecule has 0 saturated carbocycles. The van der Waals surface area contributed by atoms with Gasteiger partial charge in [-0.1, -0.05) is 11.6 Å². The molecule has 0 amide bonds. The Kier molecular flexibility index (Phi) is 2.85. The Bertz CT molecular complexity index is 595. The van der Waals surface area contributed by atoms with Gasteiger partial charge in [-0.3, -0.25) is 0 Å². The highest BCUT2D eigenvalue weighted by Gasteiger charge is 2.14. The topological polar surface area (TPSA) is 42.2 Å². The number of halogens is 3. The quantitative estimate of drug-likeness (QED) is 0.898. The third-order valence-electron chi connectivity index (χ3n) is 2.19. The van der Waals surface area contributed by atoms with Gasteiger partial charge < -0.3 is 9.67 Å². The third kappa shape index (κ3) is 2.14. The predicted molar refractivity (Wildman–Crippen MR) is 57.7 cm³/mol. The van der Waals surface area contributed by atoms with Crippen LogP contribution in [0.15, 0.2) is 30.5 Å². The molecule has 0 aliphatic rings. The number of carboxylic acids is 1. The van der Waals surface area contributed by atoms with Gasteiger partial charge >= 0.3 is 5.97 Å². The molecule has 1 heterocycles. The number of hydrogen-bond acceptors (Lipinski definition) is 1. The van der Waals surface area contributed by atoms with E-state index in [0.29, 0.717) is 0 Å². The summed E-state index contributed by atoms with van der Waals surface area (Å²) in [5.41, 5.74) is 0.0641. The molecule has 0 radical (unpaired) electrons. The molecule has 0 unspecified atom stereocenters. The molecule has 0 aliphatic carbocycles. The largest absolute Gasteiger partial charge is 0.477 e. The lowest BCUT2D eigenvalue weighted by molar-refractivity contribution is 0.0688. The maximum absolute atomic E-state index is 13.0. The highest BCUT2D eigenvalue weighted by molar-refractivity contribution is 6.31. The van der Waals surface area contributed by atoms with E-state index in [0.717, 1.165) is 12.1 Å². The Hall–Kier alpha value is -1.88. The summed E-state index contributed by atoms with van der Waals surface area (Å²) < 4.78 is 27.0. The summed E-state index contributed by atoms with van der Waals surface area (Å²) >= 11 is 5.68. The molecule has 0 spiro atoms. The second-order valence-electron chi connectivity index (χ2n) is 3.32. The lowest BCUT2D eigenvalue weighted by Gasteiger charge is -2.06. The molecular weight excluding hydrogens is 252 g/mol. The van der Waals surface area contributed by atoms with Crippen LogP contribution in [0.3, 0.4) is 0 Å². The standard InChI is InChI=1S/C11H6ClF2NO2/c12-6-3-10(11(16)17)15(5-6)7-1-2-8(13)9(14)4-7/h1-5H,(H,16,17). The Labute approximate surface area is 99.9 Å². The van der Waals surface area contributed by atoms with Crippen molar-refractivity contribution in [2.45, 2.75) is 0 Å². The summed E-state index contributed by atoms with van der Waals surface area (Å²) in [5, 5.41) is 9.12. The van der Waals surface area contributed by atoms with Crippen LogP contribution < -0.4 is 0 Å². The molecule has 1 aromatic heterocycles. The molecule has 2 rings (SSSR count). The van der Waals surface area contributed by atoms with Gasteiger partial charge in [0.15, 0.2) is 11.6 Å². The lowest BCUT2D eigenvalue weighted by Crippen LogP contribution is -2.06. The first kappa shape index (κ1) is 11.6. The first-order valence-electron chi connectivity index (χ1n) is 4.55. The van der Waals surface area contributed by atoms with Crippen LogP contribution in [0, 0.1) is 11.6 Å². The molecule has 1 N–H and O–H groups in total. The number of aromatic nitrogens is 1. The van der Waals surface area contributed by atoms with Crippen molar-refractivity contribution in [3.63, 3.8) is 0 Å². The summed E-state index contributed by atoms with van der Waals surface area (Å²) in [4.78, 5) is 10.9. The van der Waals surface area contributed by atoms with Crippen LogP contribution in [0.2, 0.25) is 5.02 Å². The summed E-state index contributed by atoms with van der Waals surface area (Å²) in [6, 6.07) is 4.31. The fourth-order valence-corrected chi connectivity index (χ4v) is 1.64. The first-order valence-corrected chi connectivity index (χ1v) is 4.93. The maximum Gasteiger partial charge on any atom is 0.352 e. The minimum Gasteiger partial charge on any atom is -0.477 e. The van der Waals surface area contributed by atoms with Crippen molar-refractivity contribution < 1.29 is 18.7 Å². The molecule has 17 heavy (non-hydrogen) atoms. The Morgan fingerprint density at radius 1 is 1.24 bits per heavy atom. The van der Waals surface area contributed by atoms with Gasteiger partial charge in [0.1, 0.15) is 5.69 Å². The fourth-order valence-electron chi connectivity index (χ4n) is 1.44. The van der Waals surface area contributed by atoms with Crippen LogP contribution in [-0.4, -0.2) is 15.6 Å². The van der Waals surface area contributed by atoms with Gasteiger partial charge in [0.05, 0.1) is 5.02 Å². The van der Waals surface area contributed by atoms with Crippen LogP contribution in [0.1, 0.15) is 10.5 Å². The zero-order valence-corrected chi connectivity index (χ0v) is 9.08. The lowest BCUT2D eigenvalue weighted by atomic mass is 10.3. The van der Waals surface area contributed by atoms with E-state index in [9.17, 15) is 13.6 Å². The fraction of sp³-hybridized carbons (Fsp3) is 0. The second-order valence-corrected chi connectivity index (χ2v) is 3.75. The third-order valence-corrected chi connectivity index (χ3v) is 2.39. The minimum absolute atomic E-state index is 0.124. The molecule has 0 saturated heterocycles. The molecular formula is C11H6ClF2NO2. The average Bonchev–Trinajstić information content (AvgIpc) is 2.64. The van der Waals surface area contributed by atoms with E-state index in [1.165, 1.54) is 22.9 Å². The molecule has 2 aromatic rings. The van der Waals surface area contributed by atoms with E-state index < -0.39 is 17.6 Å². The van der Waals surface area contributed by atoms with Crippen LogP contribution in [0.4, 0.5) is 8.78 Å². The van der Waals surface area contributed by atoms with E-state index >= 15 is 0 Å². The van der Waals surface area contributed by atoms with E-state index in [1.807, 2.05) is 0 Å². The van der Waals surface area contributed by atoms with Gasteiger partial charge in [-0.2, -0.15) is 0 Å². The SMILES string of the molecule is O=C(O)c1cc(Cl)cn1-c1ccc(F)c(F)c1. The van der Waals surface area contributed by atoms with Crippen LogP contribution in [-0.2, 0) is 0 Å². The zero-order valence-electron chi connectivity index (χ0n) is 8.32.